The average Bonchev–Trinajstić information content (AvgIpc) is 2.15. The molecule has 0 radical (unpaired) electrons. The van der Waals surface area contributed by atoms with Crippen LogP contribution in [0.1, 0.15) is 53.4 Å². The van der Waals surface area contributed by atoms with E-state index in [9.17, 15) is 9.90 Å². The van der Waals surface area contributed by atoms with Crippen LogP contribution in [0.4, 0.5) is 0 Å². The predicted molar refractivity (Wildman–Crippen MR) is 70.1 cm³/mol. The van der Waals surface area contributed by atoms with Gasteiger partial charge in [0.15, 0.2) is 0 Å². The molecule has 0 bridgehead atoms. The van der Waals surface area contributed by atoms with Crippen LogP contribution in [0.25, 0.3) is 0 Å². The first-order valence-corrected chi connectivity index (χ1v) is 6.62. The van der Waals surface area contributed by atoms with Crippen molar-refractivity contribution in [2.24, 2.45) is 11.3 Å². The van der Waals surface area contributed by atoms with Crippen LogP contribution in [0.15, 0.2) is 0 Å². The third-order valence-electron chi connectivity index (χ3n) is 3.94. The van der Waals surface area contributed by atoms with E-state index in [2.05, 4.69) is 32.6 Å². The van der Waals surface area contributed by atoms with Gasteiger partial charge < -0.3 is 5.11 Å². The first-order valence-electron chi connectivity index (χ1n) is 6.62. The van der Waals surface area contributed by atoms with Gasteiger partial charge in [-0.2, -0.15) is 0 Å². The van der Waals surface area contributed by atoms with Crippen molar-refractivity contribution in [2.75, 3.05) is 13.6 Å². The molecule has 100 valence electrons. The molecule has 1 saturated carbocycles. The van der Waals surface area contributed by atoms with Crippen LogP contribution in [0, 0.1) is 11.3 Å². The molecule has 0 aliphatic heterocycles. The largest absolute Gasteiger partial charge is 0.480 e. The minimum absolute atomic E-state index is 0.139. The highest BCUT2D eigenvalue weighted by atomic mass is 16.4. The molecule has 0 heterocycles. The Labute approximate surface area is 105 Å². The van der Waals surface area contributed by atoms with Crippen molar-refractivity contribution in [3.8, 4) is 0 Å². The number of carboxylic acids is 1. The van der Waals surface area contributed by atoms with Gasteiger partial charge >= 0.3 is 5.97 Å². The minimum atomic E-state index is -0.642. The Morgan fingerprint density at radius 1 is 1.35 bits per heavy atom. The maximum atomic E-state index is 11.7. The van der Waals surface area contributed by atoms with Gasteiger partial charge in [0.05, 0.1) is 0 Å². The molecule has 1 aliphatic rings. The van der Waals surface area contributed by atoms with Crippen LogP contribution in [-0.2, 0) is 4.79 Å². The summed E-state index contributed by atoms with van der Waals surface area (Å²) < 4.78 is 0. The lowest BCUT2D eigenvalue weighted by atomic mass is 9.75. The van der Waals surface area contributed by atoms with E-state index in [4.69, 9.17) is 0 Å². The first-order chi connectivity index (χ1) is 7.67. The molecule has 1 aliphatic carbocycles. The minimum Gasteiger partial charge on any atom is -0.480 e. The number of hydrogen-bond acceptors (Lipinski definition) is 2. The van der Waals surface area contributed by atoms with E-state index in [0.29, 0.717) is 5.92 Å². The zero-order valence-corrected chi connectivity index (χ0v) is 11.9. The molecule has 1 N–H and O–H groups in total. The van der Waals surface area contributed by atoms with Gasteiger partial charge in [0.25, 0.3) is 0 Å². The monoisotopic (exact) mass is 241 g/mol. The lowest BCUT2D eigenvalue weighted by molar-refractivity contribution is -0.154. The molecule has 0 aromatic heterocycles. The number of rotatable bonds is 3. The molecular formula is C14H27NO2. The molecule has 0 amide bonds. The smallest absolute Gasteiger partial charge is 0.324 e. The lowest BCUT2D eigenvalue weighted by Gasteiger charge is -2.44. The van der Waals surface area contributed by atoms with Crippen molar-refractivity contribution in [1.82, 2.24) is 4.90 Å². The highest BCUT2D eigenvalue weighted by Gasteiger charge is 2.45. The van der Waals surface area contributed by atoms with Crippen molar-refractivity contribution >= 4 is 5.97 Å². The van der Waals surface area contributed by atoms with Gasteiger partial charge in [-0.05, 0) is 44.1 Å². The Morgan fingerprint density at radius 3 is 2.18 bits per heavy atom. The van der Waals surface area contributed by atoms with Crippen LogP contribution in [0.2, 0.25) is 0 Å². The van der Waals surface area contributed by atoms with E-state index in [1.807, 2.05) is 7.05 Å². The van der Waals surface area contributed by atoms with Crippen LogP contribution in [0.3, 0.4) is 0 Å². The normalized spacial score (nSPS) is 30.6. The van der Waals surface area contributed by atoms with E-state index in [1.165, 1.54) is 0 Å². The van der Waals surface area contributed by atoms with E-state index >= 15 is 0 Å². The number of likely N-dealkylation sites (N-methyl/N-ethyl adjacent to an activating group) is 1. The third-order valence-corrected chi connectivity index (χ3v) is 3.94. The fraction of sp³-hybridized carbons (Fsp3) is 0.929. The summed E-state index contributed by atoms with van der Waals surface area (Å²) in [6, 6.07) is 0. The molecule has 0 atom stereocenters. The summed E-state index contributed by atoms with van der Waals surface area (Å²) in [6.07, 6.45) is 3.63. The summed E-state index contributed by atoms with van der Waals surface area (Å²) in [4.78, 5) is 13.7. The first kappa shape index (κ1) is 14.5. The quantitative estimate of drug-likeness (QED) is 0.825. The highest BCUT2D eigenvalue weighted by Crippen LogP contribution is 2.37. The molecule has 3 nitrogen and oxygen atoms in total. The maximum Gasteiger partial charge on any atom is 0.324 e. The van der Waals surface area contributed by atoms with Crippen molar-refractivity contribution in [3.63, 3.8) is 0 Å². The molecule has 0 saturated heterocycles. The Kier molecular flexibility index (Phi) is 4.23. The molecule has 1 rings (SSSR count). The standard InChI is InChI=1S/C14H27NO2/c1-11-6-8-14(9-7-11,12(16)17)15(5)10-13(2,3)4/h11H,6-10H2,1-5H3,(H,16,17). The topological polar surface area (TPSA) is 40.5 Å². The number of carboxylic acid groups (broad SMARTS) is 1. The average molecular weight is 241 g/mol. The van der Waals surface area contributed by atoms with Crippen molar-refractivity contribution in [3.05, 3.63) is 0 Å². The summed E-state index contributed by atoms with van der Waals surface area (Å²) in [5.74, 6) is 0.0293. The molecule has 0 aromatic rings. The highest BCUT2D eigenvalue weighted by molar-refractivity contribution is 5.78. The molecule has 3 heteroatoms. The predicted octanol–water partition coefficient (Wildman–Crippen LogP) is 3.00. The molecule has 0 aromatic carbocycles. The van der Waals surface area contributed by atoms with Crippen molar-refractivity contribution in [1.29, 1.82) is 0 Å². The van der Waals surface area contributed by atoms with E-state index < -0.39 is 11.5 Å². The summed E-state index contributed by atoms with van der Waals surface area (Å²) in [6.45, 7) is 9.52. The van der Waals surface area contributed by atoms with Gasteiger partial charge in [-0.15, -0.1) is 0 Å². The number of carbonyl (C=O) groups is 1. The number of hydrogen-bond donors (Lipinski definition) is 1. The molecular weight excluding hydrogens is 214 g/mol. The van der Waals surface area contributed by atoms with Crippen LogP contribution in [0.5, 0.6) is 0 Å². The third kappa shape index (κ3) is 3.44. The zero-order valence-electron chi connectivity index (χ0n) is 11.9. The molecule has 0 spiro atoms. The van der Waals surface area contributed by atoms with Gasteiger partial charge in [-0.1, -0.05) is 27.7 Å². The molecule has 17 heavy (non-hydrogen) atoms. The SMILES string of the molecule is CC1CCC(C(=O)O)(N(C)CC(C)(C)C)CC1. The Balaban J connectivity index is 2.82. The fourth-order valence-corrected chi connectivity index (χ4v) is 2.86. The van der Waals surface area contributed by atoms with Crippen molar-refractivity contribution in [2.45, 2.75) is 58.9 Å². The second kappa shape index (κ2) is 4.97. The van der Waals surface area contributed by atoms with Crippen LogP contribution < -0.4 is 0 Å². The Hall–Kier alpha value is -0.570. The van der Waals surface area contributed by atoms with E-state index in [-0.39, 0.29) is 5.41 Å². The summed E-state index contributed by atoms with van der Waals surface area (Å²) in [5.41, 5.74) is -0.486. The van der Waals surface area contributed by atoms with Crippen LogP contribution in [-0.4, -0.2) is 35.1 Å². The second-order valence-electron chi connectivity index (χ2n) is 6.94. The zero-order chi connectivity index (χ0) is 13.3. The van der Waals surface area contributed by atoms with Gasteiger partial charge in [-0.25, -0.2) is 0 Å². The molecule has 1 fully saturated rings. The number of nitrogens with zero attached hydrogens (tertiary/aromatic N) is 1. The Bertz CT molecular complexity index is 272. The van der Waals surface area contributed by atoms with Gasteiger partial charge in [0.1, 0.15) is 5.54 Å². The van der Waals surface area contributed by atoms with E-state index in [0.717, 1.165) is 32.2 Å². The number of aliphatic carboxylic acids is 1. The van der Waals surface area contributed by atoms with Crippen molar-refractivity contribution < 1.29 is 9.90 Å². The second-order valence-corrected chi connectivity index (χ2v) is 6.94. The van der Waals surface area contributed by atoms with E-state index in [1.54, 1.807) is 0 Å². The van der Waals surface area contributed by atoms with Crippen LogP contribution >= 0.6 is 0 Å². The van der Waals surface area contributed by atoms with Gasteiger partial charge in [0.2, 0.25) is 0 Å². The summed E-state index contributed by atoms with van der Waals surface area (Å²) >= 11 is 0. The fourth-order valence-electron chi connectivity index (χ4n) is 2.86. The maximum absolute atomic E-state index is 11.7. The Morgan fingerprint density at radius 2 is 1.82 bits per heavy atom. The van der Waals surface area contributed by atoms with Gasteiger partial charge in [-0.3, -0.25) is 9.69 Å². The summed E-state index contributed by atoms with van der Waals surface area (Å²) in [7, 11) is 1.97. The summed E-state index contributed by atoms with van der Waals surface area (Å²) in [5, 5.41) is 9.60. The molecule has 0 unspecified atom stereocenters. The van der Waals surface area contributed by atoms with Gasteiger partial charge in [0, 0.05) is 6.54 Å². The lowest BCUT2D eigenvalue weighted by Crippen LogP contribution is -2.56.